The smallest absolute Gasteiger partial charge is 0.294 e. The lowest BCUT2D eigenvalue weighted by Crippen LogP contribution is -2.07. The highest BCUT2D eigenvalue weighted by molar-refractivity contribution is 6.34. The van der Waals surface area contributed by atoms with Gasteiger partial charge in [-0.15, -0.1) is 0 Å². The molecule has 0 atom stereocenters. The number of halogens is 2. The molecule has 0 unspecified atom stereocenters. The lowest BCUT2D eigenvalue weighted by molar-refractivity contribution is -0.384. The average molecular weight is 243 g/mol. The van der Waals surface area contributed by atoms with Crippen molar-refractivity contribution in [3.63, 3.8) is 0 Å². The number of carbonyl (C=O) groups is 1. The zero-order valence-electron chi connectivity index (χ0n) is 7.74. The predicted octanol–water partition coefficient (Wildman–Crippen LogP) is 2.68. The third-order valence-electron chi connectivity index (χ3n) is 2.15. The number of rotatable bonds is 1. The number of nitrogens with zero attached hydrogens (tertiary/aromatic N) is 2. The molecular formula is C9H4ClFN2O3. The number of nitro benzene ring substituents is 1. The first-order chi connectivity index (χ1) is 7.52. The van der Waals surface area contributed by atoms with Gasteiger partial charge in [0.25, 0.3) is 0 Å². The number of benzene rings is 1. The Labute approximate surface area is 93.7 Å². The lowest BCUT2D eigenvalue weighted by Gasteiger charge is -2.10. The summed E-state index contributed by atoms with van der Waals surface area (Å²) in [6.45, 7) is 0. The normalized spacial score (nSPS) is 13.8. The first-order valence-electron chi connectivity index (χ1n) is 4.24. The molecule has 1 aliphatic rings. The van der Waals surface area contributed by atoms with Gasteiger partial charge in [-0.05, 0) is 6.07 Å². The molecule has 0 N–H and O–H groups in total. The number of nitro groups is 1. The molecule has 82 valence electrons. The molecule has 0 spiro atoms. The molecule has 7 heteroatoms. The van der Waals surface area contributed by atoms with Crippen LogP contribution in [-0.2, 0) is 0 Å². The molecule has 0 aliphatic carbocycles. The number of hydrogen-bond acceptors (Lipinski definition) is 4. The van der Waals surface area contributed by atoms with Crippen molar-refractivity contribution in [3.8, 4) is 0 Å². The first kappa shape index (κ1) is 10.7. The van der Waals surface area contributed by atoms with E-state index in [-0.39, 0.29) is 17.7 Å². The average Bonchev–Trinajstić information content (AvgIpc) is 2.21. The van der Waals surface area contributed by atoms with Gasteiger partial charge >= 0.3 is 5.69 Å². The topological polar surface area (TPSA) is 72.6 Å². The predicted molar refractivity (Wildman–Crippen MR) is 55.2 cm³/mol. The minimum Gasteiger partial charge on any atom is -0.294 e. The minimum atomic E-state index is -0.988. The minimum absolute atomic E-state index is 0.00519. The second kappa shape index (κ2) is 3.64. The first-order valence-corrected chi connectivity index (χ1v) is 4.62. The fourth-order valence-electron chi connectivity index (χ4n) is 1.44. The van der Waals surface area contributed by atoms with Crippen molar-refractivity contribution in [2.24, 2.45) is 4.99 Å². The number of carbonyl (C=O) groups excluding carboxylic acids is 1. The van der Waals surface area contributed by atoms with Gasteiger partial charge in [-0.2, -0.15) is 0 Å². The van der Waals surface area contributed by atoms with Gasteiger partial charge in [0, 0.05) is 12.6 Å². The van der Waals surface area contributed by atoms with Gasteiger partial charge in [-0.1, -0.05) is 11.6 Å². The van der Waals surface area contributed by atoms with Crippen molar-refractivity contribution in [2.45, 2.75) is 6.42 Å². The van der Waals surface area contributed by atoms with E-state index in [1.54, 1.807) is 0 Å². The van der Waals surface area contributed by atoms with E-state index in [1.165, 1.54) is 6.21 Å². The van der Waals surface area contributed by atoms with Gasteiger partial charge in [-0.3, -0.25) is 19.9 Å². The fraction of sp³-hybridized carbons (Fsp3) is 0.111. The molecule has 5 nitrogen and oxygen atoms in total. The van der Waals surface area contributed by atoms with Crippen LogP contribution in [0.3, 0.4) is 0 Å². The summed E-state index contributed by atoms with van der Waals surface area (Å²) in [5, 5.41) is 10.1. The van der Waals surface area contributed by atoms with Gasteiger partial charge in [0.15, 0.2) is 16.5 Å². The van der Waals surface area contributed by atoms with E-state index < -0.39 is 27.2 Å². The van der Waals surface area contributed by atoms with Crippen LogP contribution in [0.15, 0.2) is 11.1 Å². The molecule has 1 heterocycles. The fourth-order valence-corrected chi connectivity index (χ4v) is 1.66. The summed E-state index contributed by atoms with van der Waals surface area (Å²) in [5.41, 5.74) is -0.940. The highest BCUT2D eigenvalue weighted by atomic mass is 35.5. The second-order valence-electron chi connectivity index (χ2n) is 3.11. The Bertz CT molecular complexity index is 542. The van der Waals surface area contributed by atoms with E-state index in [4.69, 9.17) is 11.6 Å². The van der Waals surface area contributed by atoms with Crippen molar-refractivity contribution in [2.75, 3.05) is 0 Å². The van der Waals surface area contributed by atoms with E-state index in [2.05, 4.69) is 4.99 Å². The van der Waals surface area contributed by atoms with Crippen LogP contribution in [0, 0.1) is 15.9 Å². The summed E-state index contributed by atoms with van der Waals surface area (Å²) >= 11 is 5.47. The molecule has 1 aliphatic heterocycles. The van der Waals surface area contributed by atoms with Gasteiger partial charge < -0.3 is 0 Å². The highest BCUT2D eigenvalue weighted by Crippen LogP contribution is 2.41. The maximum Gasteiger partial charge on any atom is 0.316 e. The van der Waals surface area contributed by atoms with Crippen LogP contribution < -0.4 is 0 Å². The molecule has 16 heavy (non-hydrogen) atoms. The summed E-state index contributed by atoms with van der Waals surface area (Å²) in [4.78, 5) is 25.0. The quantitative estimate of drug-likeness (QED) is 0.561. The maximum absolute atomic E-state index is 13.3. The van der Waals surface area contributed by atoms with Crippen molar-refractivity contribution < 1.29 is 14.1 Å². The monoisotopic (exact) mass is 242 g/mol. The largest absolute Gasteiger partial charge is 0.316 e. The number of aliphatic imine (C=N–C) groups is 1. The molecule has 2 rings (SSSR count). The summed E-state index contributed by atoms with van der Waals surface area (Å²) in [6, 6.07) is 0.878. The van der Waals surface area contributed by atoms with Crippen molar-refractivity contribution >= 4 is 35.0 Å². The van der Waals surface area contributed by atoms with Crippen molar-refractivity contribution in [3.05, 3.63) is 32.6 Å². The SMILES string of the molecule is O=C1CC=Nc2c1cc(F)c(Cl)c2[N+](=O)[O-]. The van der Waals surface area contributed by atoms with Crippen LogP contribution in [0.25, 0.3) is 0 Å². The molecule has 0 saturated carbocycles. The second-order valence-corrected chi connectivity index (χ2v) is 3.49. The third-order valence-corrected chi connectivity index (χ3v) is 2.51. The molecule has 1 aromatic rings. The summed E-state index contributed by atoms with van der Waals surface area (Å²) in [5.74, 6) is -1.40. The Morgan fingerprint density at radius 2 is 2.25 bits per heavy atom. The molecule has 0 saturated heterocycles. The van der Waals surface area contributed by atoms with Crippen LogP contribution in [0.1, 0.15) is 16.8 Å². The summed E-state index contributed by atoms with van der Waals surface area (Å²) < 4.78 is 13.3. The molecule has 1 aromatic carbocycles. The molecule has 0 bridgehead atoms. The number of fused-ring (bicyclic) bond motifs is 1. The van der Waals surface area contributed by atoms with Crippen LogP contribution in [0.2, 0.25) is 5.02 Å². The van der Waals surface area contributed by atoms with Gasteiger partial charge in [-0.25, -0.2) is 4.39 Å². The molecule has 0 amide bonds. The van der Waals surface area contributed by atoms with Crippen molar-refractivity contribution in [1.82, 2.24) is 0 Å². The van der Waals surface area contributed by atoms with Crippen LogP contribution >= 0.6 is 11.6 Å². The van der Waals surface area contributed by atoms with Gasteiger partial charge in [0.05, 0.1) is 10.5 Å². The maximum atomic E-state index is 13.3. The van der Waals surface area contributed by atoms with E-state index in [1.807, 2.05) is 0 Å². The zero-order valence-corrected chi connectivity index (χ0v) is 8.49. The number of Topliss-reactive ketones (excluding diaryl/α,β-unsaturated/α-hetero) is 1. The van der Waals surface area contributed by atoms with Crippen LogP contribution in [-0.4, -0.2) is 16.9 Å². The Balaban J connectivity index is 2.83. The van der Waals surface area contributed by atoms with Crippen molar-refractivity contribution in [1.29, 1.82) is 0 Å². The molecule has 0 radical (unpaired) electrons. The van der Waals surface area contributed by atoms with Crippen LogP contribution in [0.4, 0.5) is 15.8 Å². The van der Waals surface area contributed by atoms with E-state index >= 15 is 0 Å². The standard InChI is InChI=1S/C9H4ClFN2O3/c10-7-5(11)3-4-6(14)1-2-12-8(4)9(7)13(15)16/h2-3H,1H2. The molecule has 0 fully saturated rings. The summed E-state index contributed by atoms with van der Waals surface area (Å²) in [6.07, 6.45) is 1.25. The lowest BCUT2D eigenvalue weighted by atomic mass is 10.0. The molecule has 0 aromatic heterocycles. The highest BCUT2D eigenvalue weighted by Gasteiger charge is 2.29. The van der Waals surface area contributed by atoms with E-state index in [0.717, 1.165) is 6.07 Å². The van der Waals surface area contributed by atoms with E-state index in [0.29, 0.717) is 0 Å². The molecular weight excluding hydrogens is 239 g/mol. The number of ketones is 1. The Hall–Kier alpha value is -1.82. The Morgan fingerprint density at radius 1 is 1.56 bits per heavy atom. The van der Waals surface area contributed by atoms with Gasteiger partial charge in [0.1, 0.15) is 5.82 Å². The van der Waals surface area contributed by atoms with Gasteiger partial charge in [0.2, 0.25) is 0 Å². The Morgan fingerprint density at radius 3 is 2.88 bits per heavy atom. The summed E-state index contributed by atoms with van der Waals surface area (Å²) in [7, 11) is 0. The van der Waals surface area contributed by atoms with E-state index in [9.17, 15) is 19.3 Å². The number of hydrogen-bond donors (Lipinski definition) is 0. The third kappa shape index (κ3) is 1.47. The Kier molecular flexibility index (Phi) is 2.43. The zero-order chi connectivity index (χ0) is 11.9. The van der Waals surface area contributed by atoms with Crippen LogP contribution in [0.5, 0.6) is 0 Å².